The van der Waals surface area contributed by atoms with Crippen LogP contribution in [0.2, 0.25) is 0 Å². The lowest BCUT2D eigenvalue weighted by molar-refractivity contribution is 0.476. The van der Waals surface area contributed by atoms with Gasteiger partial charge in [0, 0.05) is 0 Å². The highest BCUT2D eigenvalue weighted by Gasteiger charge is 2.42. The van der Waals surface area contributed by atoms with E-state index in [0.717, 1.165) is 10.8 Å². The fraction of sp³-hybridized carbons (Fsp3) is 0.0286. The second-order valence-corrected chi connectivity index (χ2v) is 9.55. The summed E-state index contributed by atoms with van der Waals surface area (Å²) in [5.41, 5.74) is 9.65. The van der Waals surface area contributed by atoms with Crippen LogP contribution in [0.15, 0.2) is 139 Å². The van der Waals surface area contributed by atoms with Gasteiger partial charge in [0.15, 0.2) is 0 Å². The molecule has 1 unspecified atom stereocenters. The second kappa shape index (κ2) is 7.96. The summed E-state index contributed by atoms with van der Waals surface area (Å²) in [5, 5.41) is 12.1. The maximum absolute atomic E-state index is 9.99. The van der Waals surface area contributed by atoms with Gasteiger partial charge in [0.2, 0.25) is 0 Å². The quantitative estimate of drug-likeness (QED) is 0.286. The number of hydrogen-bond donors (Lipinski definition) is 1. The first-order valence-corrected chi connectivity index (χ1v) is 12.3. The highest BCUT2D eigenvalue weighted by atomic mass is 16.3. The minimum Gasteiger partial charge on any atom is -0.508 e. The molecule has 0 heterocycles. The molecule has 5 aromatic carbocycles. The van der Waals surface area contributed by atoms with Crippen molar-refractivity contribution in [1.82, 2.24) is 0 Å². The van der Waals surface area contributed by atoms with Gasteiger partial charge in [-0.2, -0.15) is 0 Å². The summed E-state index contributed by atoms with van der Waals surface area (Å²) >= 11 is 0. The fourth-order valence-electron chi connectivity index (χ4n) is 5.93. The number of benzene rings is 5. The average Bonchev–Trinajstić information content (AvgIpc) is 3.33. The molecule has 7 rings (SSSR count). The number of allylic oxidation sites excluding steroid dienone is 5. The Balaban J connectivity index is 1.50. The van der Waals surface area contributed by atoms with Crippen molar-refractivity contribution in [1.29, 1.82) is 0 Å². The molecule has 0 fully saturated rings. The van der Waals surface area contributed by atoms with Crippen LogP contribution in [0.4, 0.5) is 0 Å². The Morgan fingerprint density at radius 1 is 0.583 bits per heavy atom. The van der Waals surface area contributed by atoms with E-state index in [1.165, 1.54) is 44.5 Å². The van der Waals surface area contributed by atoms with Crippen molar-refractivity contribution in [2.24, 2.45) is 0 Å². The third-order valence-electron chi connectivity index (χ3n) is 7.60. The second-order valence-electron chi connectivity index (χ2n) is 9.55. The third-order valence-corrected chi connectivity index (χ3v) is 7.60. The molecular weight excluding hydrogens is 436 g/mol. The van der Waals surface area contributed by atoms with Crippen LogP contribution in [0.25, 0.3) is 33.5 Å². The number of aromatic hydroxyl groups is 1. The van der Waals surface area contributed by atoms with Gasteiger partial charge in [-0.05, 0) is 79.6 Å². The Morgan fingerprint density at radius 2 is 1.31 bits per heavy atom. The van der Waals surface area contributed by atoms with Gasteiger partial charge in [-0.1, -0.05) is 115 Å². The van der Waals surface area contributed by atoms with E-state index in [0.29, 0.717) is 0 Å². The first-order valence-electron chi connectivity index (χ1n) is 12.3. The molecule has 1 atom stereocenters. The summed E-state index contributed by atoms with van der Waals surface area (Å²) in [6.07, 6.45) is 9.21. The summed E-state index contributed by atoms with van der Waals surface area (Å²) in [6.45, 7) is 0. The molecule has 170 valence electrons. The summed E-state index contributed by atoms with van der Waals surface area (Å²) in [4.78, 5) is 0. The molecule has 0 amide bonds. The minimum atomic E-state index is -0.426. The fourth-order valence-corrected chi connectivity index (χ4v) is 5.93. The van der Waals surface area contributed by atoms with E-state index in [2.05, 4.69) is 121 Å². The molecule has 0 radical (unpaired) electrons. The maximum atomic E-state index is 9.99. The Hall–Kier alpha value is -4.62. The van der Waals surface area contributed by atoms with E-state index in [9.17, 15) is 5.11 Å². The minimum absolute atomic E-state index is 0.290. The van der Waals surface area contributed by atoms with E-state index < -0.39 is 5.41 Å². The Bertz CT molecular complexity index is 1720. The molecule has 0 saturated heterocycles. The van der Waals surface area contributed by atoms with Gasteiger partial charge in [-0.3, -0.25) is 0 Å². The Kier molecular flexibility index (Phi) is 4.59. The predicted octanol–water partition coefficient (Wildman–Crippen LogP) is 8.55. The first-order chi connectivity index (χ1) is 17.7. The van der Waals surface area contributed by atoms with Gasteiger partial charge < -0.3 is 5.11 Å². The first kappa shape index (κ1) is 20.7. The summed E-state index contributed by atoms with van der Waals surface area (Å²) in [5.74, 6) is 0.290. The molecule has 0 aliphatic heterocycles. The Morgan fingerprint density at radius 3 is 2.14 bits per heavy atom. The summed E-state index contributed by atoms with van der Waals surface area (Å²) in [6, 6.07) is 40.3. The number of rotatable bonds is 3. The number of hydrogen-bond acceptors (Lipinski definition) is 1. The van der Waals surface area contributed by atoms with Gasteiger partial charge in [0.05, 0.1) is 5.41 Å². The lowest BCUT2D eigenvalue weighted by atomic mass is 9.65. The van der Waals surface area contributed by atoms with E-state index in [1.807, 2.05) is 12.1 Å². The number of phenolic OH excluding ortho intramolecular Hbond substituents is 1. The highest BCUT2D eigenvalue weighted by Crippen LogP contribution is 2.54. The molecule has 2 aliphatic rings. The van der Waals surface area contributed by atoms with Crippen LogP contribution >= 0.6 is 0 Å². The van der Waals surface area contributed by atoms with Crippen molar-refractivity contribution in [3.63, 3.8) is 0 Å². The van der Waals surface area contributed by atoms with Crippen molar-refractivity contribution < 1.29 is 5.11 Å². The van der Waals surface area contributed by atoms with Gasteiger partial charge in [0.1, 0.15) is 5.75 Å². The third kappa shape index (κ3) is 3.03. The monoisotopic (exact) mass is 460 g/mol. The van der Waals surface area contributed by atoms with Gasteiger partial charge in [0.25, 0.3) is 0 Å². The summed E-state index contributed by atoms with van der Waals surface area (Å²) < 4.78 is 0. The van der Waals surface area contributed by atoms with E-state index >= 15 is 0 Å². The van der Waals surface area contributed by atoms with Gasteiger partial charge >= 0.3 is 0 Å². The van der Waals surface area contributed by atoms with Crippen molar-refractivity contribution >= 4 is 22.4 Å². The van der Waals surface area contributed by atoms with Crippen LogP contribution in [0.1, 0.15) is 22.3 Å². The molecule has 1 heteroatoms. The van der Waals surface area contributed by atoms with Crippen LogP contribution in [0, 0.1) is 0 Å². The zero-order valence-electron chi connectivity index (χ0n) is 19.7. The van der Waals surface area contributed by atoms with Crippen LogP contribution in [0.3, 0.4) is 0 Å². The van der Waals surface area contributed by atoms with Gasteiger partial charge in [-0.25, -0.2) is 0 Å². The SMILES string of the molecule is Oc1ccc2cc(C3(c4ccccc4)C=CC=C4C3=Cc3c4cccc3-c3ccccc3)ccc2c1. The lowest BCUT2D eigenvalue weighted by Gasteiger charge is -2.37. The highest BCUT2D eigenvalue weighted by molar-refractivity contribution is 6.03. The van der Waals surface area contributed by atoms with E-state index in [-0.39, 0.29) is 5.75 Å². The van der Waals surface area contributed by atoms with Crippen molar-refractivity contribution in [3.8, 4) is 16.9 Å². The van der Waals surface area contributed by atoms with Crippen LogP contribution < -0.4 is 0 Å². The van der Waals surface area contributed by atoms with Crippen LogP contribution in [-0.4, -0.2) is 5.11 Å². The number of phenols is 1. The summed E-state index contributed by atoms with van der Waals surface area (Å²) in [7, 11) is 0. The van der Waals surface area contributed by atoms with E-state index in [4.69, 9.17) is 0 Å². The topological polar surface area (TPSA) is 20.2 Å². The molecule has 5 aromatic rings. The zero-order chi connectivity index (χ0) is 24.1. The van der Waals surface area contributed by atoms with Crippen molar-refractivity contribution in [2.45, 2.75) is 5.41 Å². The lowest BCUT2D eigenvalue weighted by Crippen LogP contribution is -2.29. The van der Waals surface area contributed by atoms with Crippen LogP contribution in [-0.2, 0) is 5.41 Å². The largest absolute Gasteiger partial charge is 0.508 e. The molecule has 2 aliphatic carbocycles. The zero-order valence-corrected chi connectivity index (χ0v) is 19.7. The molecular formula is C35H24O. The van der Waals surface area contributed by atoms with Crippen LogP contribution in [0.5, 0.6) is 5.75 Å². The standard InChI is InChI=1S/C35H24O/c36-29-19-17-25-21-28(18-16-26(25)22-29)35(27-11-5-2-6-12-27)20-8-15-32-31-14-7-13-30(33(31)23-34(32)35)24-9-3-1-4-10-24/h1-23,36H. The number of fused-ring (bicyclic) bond motifs is 4. The molecule has 0 aromatic heterocycles. The maximum Gasteiger partial charge on any atom is 0.116 e. The van der Waals surface area contributed by atoms with Gasteiger partial charge in [-0.15, -0.1) is 0 Å². The molecule has 0 saturated carbocycles. The molecule has 1 N–H and O–H groups in total. The van der Waals surface area contributed by atoms with E-state index in [1.54, 1.807) is 6.07 Å². The molecule has 0 spiro atoms. The smallest absolute Gasteiger partial charge is 0.116 e. The Labute approximate surface area is 211 Å². The van der Waals surface area contributed by atoms with Crippen molar-refractivity contribution in [3.05, 3.63) is 161 Å². The average molecular weight is 461 g/mol. The predicted molar refractivity (Wildman–Crippen MR) is 150 cm³/mol. The molecule has 0 bridgehead atoms. The molecule has 1 nitrogen and oxygen atoms in total. The molecule has 36 heavy (non-hydrogen) atoms. The van der Waals surface area contributed by atoms with Crippen molar-refractivity contribution in [2.75, 3.05) is 0 Å². The normalized spacial score (nSPS) is 17.9.